The summed E-state index contributed by atoms with van der Waals surface area (Å²) in [5.74, 6) is 0. The van der Waals surface area contributed by atoms with Crippen molar-refractivity contribution in [2.45, 2.75) is 13.5 Å². The maximum Gasteiger partial charge on any atom is 0.293 e. The fraction of sp³-hybridized carbons (Fsp3) is 0.182. The maximum absolute atomic E-state index is 11.0. The molecule has 0 fully saturated rings. The van der Waals surface area contributed by atoms with Gasteiger partial charge in [-0.25, -0.2) is 4.98 Å². The van der Waals surface area contributed by atoms with Gasteiger partial charge in [-0.05, 0) is 13.0 Å². The second-order valence-corrected chi connectivity index (χ2v) is 5.53. The van der Waals surface area contributed by atoms with Gasteiger partial charge in [0, 0.05) is 17.1 Å². The number of halogens is 2. The third-order valence-corrected chi connectivity index (χ3v) is 4.02. The summed E-state index contributed by atoms with van der Waals surface area (Å²) in [6.07, 6.45) is 0. The van der Waals surface area contributed by atoms with Crippen LogP contribution in [0.4, 0.5) is 11.4 Å². The van der Waals surface area contributed by atoms with E-state index < -0.39 is 4.92 Å². The van der Waals surface area contributed by atoms with Crippen LogP contribution in [-0.2, 0) is 6.54 Å². The minimum atomic E-state index is -0.502. The normalized spacial score (nSPS) is 10.5. The molecular weight excluding hydrogens is 309 g/mol. The highest BCUT2D eigenvalue weighted by molar-refractivity contribution is 7.09. The number of rotatable bonds is 4. The highest BCUT2D eigenvalue weighted by Gasteiger charge is 2.17. The van der Waals surface area contributed by atoms with Crippen molar-refractivity contribution in [3.05, 3.63) is 48.4 Å². The van der Waals surface area contributed by atoms with Gasteiger partial charge in [0.15, 0.2) is 0 Å². The van der Waals surface area contributed by atoms with Gasteiger partial charge in [0.2, 0.25) is 0 Å². The zero-order valence-corrected chi connectivity index (χ0v) is 12.1. The van der Waals surface area contributed by atoms with Gasteiger partial charge in [-0.2, -0.15) is 0 Å². The third kappa shape index (κ3) is 3.34. The van der Waals surface area contributed by atoms with Crippen LogP contribution in [0.5, 0.6) is 0 Å². The first-order chi connectivity index (χ1) is 8.97. The first kappa shape index (κ1) is 14.0. The molecule has 0 bridgehead atoms. The number of nitro groups is 1. The lowest BCUT2D eigenvalue weighted by Crippen LogP contribution is -2.02. The van der Waals surface area contributed by atoms with Crippen molar-refractivity contribution < 1.29 is 4.92 Å². The summed E-state index contributed by atoms with van der Waals surface area (Å²) in [5.41, 5.74) is 1.14. The quantitative estimate of drug-likeness (QED) is 0.675. The molecule has 0 atom stereocenters. The molecule has 100 valence electrons. The van der Waals surface area contributed by atoms with Gasteiger partial charge < -0.3 is 5.32 Å². The molecule has 2 aromatic rings. The smallest absolute Gasteiger partial charge is 0.293 e. The van der Waals surface area contributed by atoms with Crippen LogP contribution in [-0.4, -0.2) is 9.91 Å². The van der Waals surface area contributed by atoms with Crippen molar-refractivity contribution in [3.63, 3.8) is 0 Å². The molecule has 0 amide bonds. The van der Waals surface area contributed by atoms with Gasteiger partial charge in [-0.15, -0.1) is 11.3 Å². The second-order valence-electron chi connectivity index (χ2n) is 3.78. The van der Waals surface area contributed by atoms with Crippen molar-refractivity contribution in [1.82, 2.24) is 4.98 Å². The molecule has 1 heterocycles. The van der Waals surface area contributed by atoms with E-state index in [4.69, 9.17) is 23.2 Å². The van der Waals surface area contributed by atoms with Gasteiger partial charge in [0.25, 0.3) is 5.69 Å². The average molecular weight is 318 g/mol. The summed E-state index contributed by atoms with van der Waals surface area (Å²) in [4.78, 5) is 14.7. The molecular formula is C11H9Cl2N3O2S. The Balaban J connectivity index is 2.23. The lowest BCUT2D eigenvalue weighted by atomic mass is 10.2. The van der Waals surface area contributed by atoms with Gasteiger partial charge in [-0.1, -0.05) is 23.2 Å². The SMILES string of the molecule is Cc1csc(CNc2cc(Cl)c(Cl)cc2[N+](=O)[O-])n1. The number of anilines is 1. The highest BCUT2D eigenvalue weighted by Crippen LogP contribution is 2.34. The Hall–Kier alpha value is -1.37. The summed E-state index contributed by atoms with van der Waals surface area (Å²) >= 11 is 13.1. The Kier molecular flexibility index (Phi) is 4.24. The number of benzene rings is 1. The molecule has 0 saturated heterocycles. The van der Waals surface area contributed by atoms with Crippen molar-refractivity contribution in [2.75, 3.05) is 5.32 Å². The lowest BCUT2D eigenvalue weighted by molar-refractivity contribution is -0.383. The first-order valence-electron chi connectivity index (χ1n) is 5.25. The van der Waals surface area contributed by atoms with E-state index in [0.29, 0.717) is 12.2 Å². The third-order valence-electron chi connectivity index (χ3n) is 2.33. The van der Waals surface area contributed by atoms with Crippen molar-refractivity contribution in [1.29, 1.82) is 0 Å². The number of hydrogen-bond donors (Lipinski definition) is 1. The van der Waals surface area contributed by atoms with Gasteiger partial charge in [-0.3, -0.25) is 10.1 Å². The van der Waals surface area contributed by atoms with Gasteiger partial charge in [0.1, 0.15) is 10.7 Å². The predicted octanol–water partition coefficient (Wildman–Crippen LogP) is 4.28. The number of thiazole rings is 1. The number of nitrogens with zero attached hydrogens (tertiary/aromatic N) is 2. The molecule has 0 aliphatic rings. The first-order valence-corrected chi connectivity index (χ1v) is 6.89. The molecule has 0 saturated carbocycles. The van der Waals surface area contributed by atoms with Crippen LogP contribution in [0, 0.1) is 17.0 Å². The van der Waals surface area contributed by atoms with Crippen molar-refractivity contribution >= 4 is 45.9 Å². The van der Waals surface area contributed by atoms with Crippen LogP contribution in [0.15, 0.2) is 17.5 Å². The molecule has 1 aromatic heterocycles. The Bertz CT molecular complexity index is 630. The Labute approximate surface area is 123 Å². The highest BCUT2D eigenvalue weighted by atomic mass is 35.5. The van der Waals surface area contributed by atoms with Crippen molar-refractivity contribution in [2.24, 2.45) is 0 Å². The van der Waals surface area contributed by atoms with Crippen molar-refractivity contribution in [3.8, 4) is 0 Å². The van der Waals surface area contributed by atoms with Crippen LogP contribution in [0.3, 0.4) is 0 Å². The van der Waals surface area contributed by atoms with Crippen LogP contribution in [0.1, 0.15) is 10.7 Å². The molecule has 1 aromatic carbocycles. The maximum atomic E-state index is 11.0. The largest absolute Gasteiger partial charge is 0.373 e. The summed E-state index contributed by atoms with van der Waals surface area (Å²) in [5, 5.41) is 17.1. The molecule has 5 nitrogen and oxygen atoms in total. The number of nitrogens with one attached hydrogen (secondary N) is 1. The molecule has 0 radical (unpaired) electrons. The molecule has 19 heavy (non-hydrogen) atoms. The molecule has 0 spiro atoms. The second kappa shape index (κ2) is 5.73. The Morgan fingerprint density at radius 2 is 2.11 bits per heavy atom. The van der Waals surface area contributed by atoms with Crippen LogP contribution >= 0.6 is 34.5 Å². The summed E-state index contributed by atoms with van der Waals surface area (Å²) in [6.45, 7) is 2.29. The van der Waals surface area contributed by atoms with E-state index in [1.54, 1.807) is 0 Å². The molecule has 0 unspecified atom stereocenters. The standard InChI is InChI=1S/C11H9Cl2N3O2S/c1-6-5-19-11(15-6)4-14-9-2-7(12)8(13)3-10(9)16(17)18/h2-3,5,14H,4H2,1H3. The zero-order valence-electron chi connectivity index (χ0n) is 9.81. The van der Waals surface area contributed by atoms with Crippen LogP contribution in [0.25, 0.3) is 0 Å². The Morgan fingerprint density at radius 1 is 1.42 bits per heavy atom. The lowest BCUT2D eigenvalue weighted by Gasteiger charge is -2.07. The van der Waals surface area contributed by atoms with E-state index in [0.717, 1.165) is 10.7 Å². The number of nitro benzene ring substituents is 1. The predicted molar refractivity (Wildman–Crippen MR) is 77.3 cm³/mol. The van der Waals surface area contributed by atoms with E-state index >= 15 is 0 Å². The minimum Gasteiger partial charge on any atom is -0.373 e. The number of aromatic nitrogens is 1. The number of aryl methyl sites for hydroxylation is 1. The minimum absolute atomic E-state index is 0.109. The molecule has 0 aliphatic heterocycles. The van der Waals surface area contributed by atoms with Crippen LogP contribution in [0.2, 0.25) is 10.0 Å². The molecule has 2 rings (SSSR count). The van der Waals surface area contributed by atoms with E-state index in [1.165, 1.54) is 23.5 Å². The van der Waals surface area contributed by atoms with E-state index in [9.17, 15) is 10.1 Å². The van der Waals surface area contributed by atoms with Gasteiger partial charge in [0.05, 0.1) is 21.5 Å². The fourth-order valence-electron chi connectivity index (χ4n) is 1.48. The zero-order chi connectivity index (χ0) is 14.0. The summed E-state index contributed by atoms with van der Waals surface area (Å²) in [6, 6.07) is 2.68. The van der Waals surface area contributed by atoms with E-state index in [1.807, 2.05) is 12.3 Å². The molecule has 1 N–H and O–H groups in total. The molecule has 0 aliphatic carbocycles. The number of hydrogen-bond acceptors (Lipinski definition) is 5. The average Bonchev–Trinajstić information content (AvgIpc) is 2.76. The fourth-order valence-corrected chi connectivity index (χ4v) is 2.52. The van der Waals surface area contributed by atoms with Crippen LogP contribution < -0.4 is 5.32 Å². The topological polar surface area (TPSA) is 68.1 Å². The Morgan fingerprint density at radius 3 is 2.68 bits per heavy atom. The summed E-state index contributed by atoms with van der Waals surface area (Å²) in [7, 11) is 0. The molecule has 8 heteroatoms. The van der Waals surface area contributed by atoms with E-state index in [2.05, 4.69) is 10.3 Å². The monoisotopic (exact) mass is 317 g/mol. The summed E-state index contributed by atoms with van der Waals surface area (Å²) < 4.78 is 0. The van der Waals surface area contributed by atoms with Gasteiger partial charge >= 0.3 is 0 Å². The van der Waals surface area contributed by atoms with E-state index in [-0.39, 0.29) is 15.7 Å².